The molecular weight excluding hydrogens is 252 g/mol. The third kappa shape index (κ3) is 1.87. The maximum absolute atomic E-state index is 5.88. The van der Waals surface area contributed by atoms with Crippen LogP contribution in [0.15, 0.2) is 65.5 Å². The molecule has 3 nitrogen and oxygen atoms in total. The number of allylic oxidation sites excluding steroid dienone is 2. The Labute approximate surface area is 117 Å². The van der Waals surface area contributed by atoms with Gasteiger partial charge in [-0.25, -0.2) is 0 Å². The standard InChI is InChI=1S/C17H14O3/c1-2-6-15-13(4-1)10-14-16(20-11-19-15)8-7-12-5-3-9-18-17(12)14/h1-8,10,17H,9,11H2/b14-10+. The zero-order valence-electron chi connectivity index (χ0n) is 10.9. The SMILES string of the molecule is C1=CC2=CC=C3OCOc4ccccc4/C=C\3C2OC1. The Morgan fingerprint density at radius 2 is 2.00 bits per heavy atom. The number of hydrogen-bond acceptors (Lipinski definition) is 3. The van der Waals surface area contributed by atoms with E-state index in [9.17, 15) is 0 Å². The molecule has 0 saturated heterocycles. The normalized spacial score (nSPS) is 26.0. The van der Waals surface area contributed by atoms with Gasteiger partial charge in [-0.3, -0.25) is 0 Å². The Morgan fingerprint density at radius 3 is 3.00 bits per heavy atom. The van der Waals surface area contributed by atoms with Crippen molar-refractivity contribution in [2.24, 2.45) is 0 Å². The van der Waals surface area contributed by atoms with Crippen LogP contribution in [0.1, 0.15) is 5.56 Å². The van der Waals surface area contributed by atoms with Crippen molar-refractivity contribution < 1.29 is 14.2 Å². The highest BCUT2D eigenvalue weighted by Crippen LogP contribution is 2.35. The quantitative estimate of drug-likeness (QED) is 0.721. The van der Waals surface area contributed by atoms with Crippen molar-refractivity contribution in [1.82, 2.24) is 0 Å². The van der Waals surface area contributed by atoms with E-state index in [1.807, 2.05) is 42.5 Å². The maximum atomic E-state index is 5.88. The van der Waals surface area contributed by atoms with E-state index in [0.717, 1.165) is 28.2 Å². The predicted molar refractivity (Wildman–Crippen MR) is 76.0 cm³/mol. The van der Waals surface area contributed by atoms with Gasteiger partial charge in [0.25, 0.3) is 0 Å². The summed E-state index contributed by atoms with van der Waals surface area (Å²) in [6.45, 7) is 0.844. The fourth-order valence-corrected chi connectivity index (χ4v) is 2.66. The highest BCUT2D eigenvalue weighted by molar-refractivity contribution is 5.67. The van der Waals surface area contributed by atoms with E-state index in [4.69, 9.17) is 14.2 Å². The van der Waals surface area contributed by atoms with Crippen LogP contribution in [0.5, 0.6) is 5.75 Å². The lowest BCUT2D eigenvalue weighted by molar-refractivity contribution is 0.0524. The first-order valence-corrected chi connectivity index (χ1v) is 6.68. The van der Waals surface area contributed by atoms with Crippen molar-refractivity contribution in [3.05, 3.63) is 71.0 Å². The Balaban J connectivity index is 1.85. The van der Waals surface area contributed by atoms with Gasteiger partial charge in [-0.15, -0.1) is 0 Å². The fraction of sp³-hybridized carbons (Fsp3) is 0.176. The van der Waals surface area contributed by atoms with Gasteiger partial charge in [0, 0.05) is 11.1 Å². The number of rotatable bonds is 0. The molecule has 0 bridgehead atoms. The van der Waals surface area contributed by atoms with Crippen LogP contribution in [-0.2, 0) is 9.47 Å². The second-order valence-corrected chi connectivity index (χ2v) is 4.86. The molecule has 1 aromatic carbocycles. The third-order valence-electron chi connectivity index (χ3n) is 3.63. The Bertz CT molecular complexity index is 665. The highest BCUT2D eigenvalue weighted by Gasteiger charge is 2.28. The lowest BCUT2D eigenvalue weighted by Gasteiger charge is -2.30. The van der Waals surface area contributed by atoms with Gasteiger partial charge in [-0.2, -0.15) is 0 Å². The van der Waals surface area contributed by atoms with Gasteiger partial charge in [-0.1, -0.05) is 36.4 Å². The first-order valence-electron chi connectivity index (χ1n) is 6.68. The molecule has 4 rings (SSSR count). The average molecular weight is 266 g/mol. The maximum Gasteiger partial charge on any atom is 0.230 e. The van der Waals surface area contributed by atoms with Crippen molar-refractivity contribution in [3.8, 4) is 5.75 Å². The predicted octanol–water partition coefficient (Wildman–Crippen LogP) is 3.22. The zero-order valence-corrected chi connectivity index (χ0v) is 10.9. The van der Waals surface area contributed by atoms with Crippen LogP contribution in [0.25, 0.3) is 6.08 Å². The Kier molecular flexibility index (Phi) is 2.71. The molecule has 0 amide bonds. The van der Waals surface area contributed by atoms with Crippen LogP contribution in [-0.4, -0.2) is 19.5 Å². The molecule has 3 heteroatoms. The van der Waals surface area contributed by atoms with Gasteiger partial charge in [0.15, 0.2) is 0 Å². The molecule has 1 aromatic rings. The molecular formula is C17H14O3. The van der Waals surface area contributed by atoms with E-state index >= 15 is 0 Å². The molecule has 0 radical (unpaired) electrons. The van der Waals surface area contributed by atoms with Gasteiger partial charge < -0.3 is 14.2 Å². The molecule has 100 valence electrons. The van der Waals surface area contributed by atoms with Crippen molar-refractivity contribution in [2.45, 2.75) is 6.10 Å². The largest absolute Gasteiger partial charge is 0.457 e. The summed E-state index contributed by atoms with van der Waals surface area (Å²) in [5, 5.41) is 0. The summed E-state index contributed by atoms with van der Waals surface area (Å²) >= 11 is 0. The van der Waals surface area contributed by atoms with Crippen LogP contribution in [0.4, 0.5) is 0 Å². The van der Waals surface area contributed by atoms with Gasteiger partial charge in [-0.05, 0) is 23.8 Å². The van der Waals surface area contributed by atoms with E-state index in [0.29, 0.717) is 6.61 Å². The number of ether oxygens (including phenoxy) is 3. The van der Waals surface area contributed by atoms with E-state index in [-0.39, 0.29) is 12.9 Å². The molecule has 2 heterocycles. The monoisotopic (exact) mass is 266 g/mol. The molecule has 0 fully saturated rings. The minimum absolute atomic E-state index is 0.0499. The topological polar surface area (TPSA) is 27.7 Å². The molecule has 1 unspecified atom stereocenters. The molecule has 2 aliphatic heterocycles. The van der Waals surface area contributed by atoms with E-state index in [1.54, 1.807) is 0 Å². The molecule has 0 N–H and O–H groups in total. The minimum Gasteiger partial charge on any atom is -0.457 e. The minimum atomic E-state index is -0.0499. The number of hydrogen-bond donors (Lipinski definition) is 0. The molecule has 3 aliphatic rings. The van der Waals surface area contributed by atoms with Crippen molar-refractivity contribution >= 4 is 6.08 Å². The summed E-state index contributed by atoms with van der Waals surface area (Å²) in [6, 6.07) is 7.96. The Morgan fingerprint density at radius 1 is 1.05 bits per heavy atom. The van der Waals surface area contributed by atoms with Gasteiger partial charge in [0.2, 0.25) is 6.79 Å². The van der Waals surface area contributed by atoms with Crippen molar-refractivity contribution in [1.29, 1.82) is 0 Å². The summed E-state index contributed by atoms with van der Waals surface area (Å²) in [7, 11) is 0. The van der Waals surface area contributed by atoms with Crippen molar-refractivity contribution in [3.63, 3.8) is 0 Å². The molecule has 0 spiro atoms. The van der Waals surface area contributed by atoms with E-state index in [1.165, 1.54) is 0 Å². The van der Waals surface area contributed by atoms with Gasteiger partial charge >= 0.3 is 0 Å². The van der Waals surface area contributed by atoms with Crippen LogP contribution in [0, 0.1) is 0 Å². The van der Waals surface area contributed by atoms with Crippen molar-refractivity contribution in [2.75, 3.05) is 13.4 Å². The molecule has 0 saturated carbocycles. The van der Waals surface area contributed by atoms with Crippen LogP contribution in [0.3, 0.4) is 0 Å². The molecule has 1 atom stereocenters. The Hall–Kier alpha value is -2.26. The highest BCUT2D eigenvalue weighted by atomic mass is 16.7. The summed E-state index contributed by atoms with van der Waals surface area (Å²) in [5.74, 6) is 1.66. The number of benzene rings is 1. The molecule has 0 aromatic heterocycles. The smallest absolute Gasteiger partial charge is 0.230 e. The van der Waals surface area contributed by atoms with Gasteiger partial charge in [0.05, 0.1) is 6.61 Å². The zero-order chi connectivity index (χ0) is 13.4. The summed E-state index contributed by atoms with van der Waals surface area (Å²) in [5.41, 5.74) is 3.27. The third-order valence-corrected chi connectivity index (χ3v) is 3.63. The lowest BCUT2D eigenvalue weighted by atomic mass is 9.91. The second-order valence-electron chi connectivity index (χ2n) is 4.86. The van der Waals surface area contributed by atoms with E-state index < -0.39 is 0 Å². The summed E-state index contributed by atoms with van der Waals surface area (Å²) in [4.78, 5) is 0. The first-order chi connectivity index (χ1) is 9.92. The van der Waals surface area contributed by atoms with Crippen LogP contribution in [0.2, 0.25) is 0 Å². The summed E-state index contributed by atoms with van der Waals surface area (Å²) in [6.07, 6.45) is 10.2. The number of para-hydroxylation sites is 1. The average Bonchev–Trinajstić information content (AvgIpc) is 2.47. The van der Waals surface area contributed by atoms with Crippen LogP contribution < -0.4 is 4.74 Å². The fourth-order valence-electron chi connectivity index (χ4n) is 2.66. The van der Waals surface area contributed by atoms with E-state index in [2.05, 4.69) is 12.2 Å². The van der Waals surface area contributed by atoms with Crippen LogP contribution >= 0.6 is 0 Å². The molecule has 20 heavy (non-hydrogen) atoms. The first kappa shape index (κ1) is 11.6. The summed E-state index contributed by atoms with van der Waals surface area (Å²) < 4.78 is 17.2. The van der Waals surface area contributed by atoms with Gasteiger partial charge in [0.1, 0.15) is 17.6 Å². The second kappa shape index (κ2) is 4.69. The lowest BCUT2D eigenvalue weighted by Crippen LogP contribution is -2.26. The molecule has 1 aliphatic carbocycles. The number of fused-ring (bicyclic) bond motifs is 4.